The van der Waals surface area contributed by atoms with Gasteiger partial charge in [-0.05, 0) is 36.5 Å². The van der Waals surface area contributed by atoms with Crippen LogP contribution in [-0.4, -0.2) is 19.1 Å². The molecule has 1 fully saturated rings. The average Bonchev–Trinajstić information content (AvgIpc) is 2.28. The molecule has 2 nitrogen and oxygen atoms in total. The van der Waals surface area contributed by atoms with Gasteiger partial charge in [-0.1, -0.05) is 31.5 Å². The summed E-state index contributed by atoms with van der Waals surface area (Å²) in [6.45, 7) is 6.58. The van der Waals surface area contributed by atoms with E-state index in [1.54, 1.807) is 0 Å². The summed E-state index contributed by atoms with van der Waals surface area (Å²) in [4.78, 5) is 2.37. The Kier molecular flexibility index (Phi) is 3.95. The van der Waals surface area contributed by atoms with Crippen molar-refractivity contribution in [3.63, 3.8) is 0 Å². The Morgan fingerprint density at radius 3 is 2.76 bits per heavy atom. The maximum Gasteiger partial charge on any atom is 0.0426 e. The molecule has 0 saturated carbocycles. The maximum atomic E-state index is 6.15. The fourth-order valence-corrected chi connectivity index (χ4v) is 2.73. The van der Waals surface area contributed by atoms with Crippen LogP contribution in [0.4, 0.5) is 5.69 Å². The minimum atomic E-state index is 0.273. The summed E-state index contributed by atoms with van der Waals surface area (Å²) < 4.78 is 0. The average molecular weight is 253 g/mol. The molecule has 1 saturated heterocycles. The fourth-order valence-electron chi connectivity index (χ4n) is 2.55. The summed E-state index contributed by atoms with van der Waals surface area (Å²) in [5.74, 6) is 1.36. The van der Waals surface area contributed by atoms with Crippen molar-refractivity contribution in [2.75, 3.05) is 18.0 Å². The first-order chi connectivity index (χ1) is 8.06. The second kappa shape index (κ2) is 5.28. The third kappa shape index (κ3) is 3.14. The van der Waals surface area contributed by atoms with Crippen LogP contribution >= 0.6 is 11.6 Å². The molecule has 0 aliphatic carbocycles. The van der Waals surface area contributed by atoms with Crippen LogP contribution < -0.4 is 10.6 Å². The van der Waals surface area contributed by atoms with E-state index in [0.717, 1.165) is 24.5 Å². The Morgan fingerprint density at radius 1 is 1.35 bits per heavy atom. The Morgan fingerprint density at radius 2 is 2.12 bits per heavy atom. The van der Waals surface area contributed by atoms with Crippen LogP contribution in [0.15, 0.2) is 24.3 Å². The molecular formula is C14H21ClN2. The van der Waals surface area contributed by atoms with Crippen LogP contribution in [0.25, 0.3) is 0 Å². The SMILES string of the molecule is CC(C)C1CC(N)CN(c2cccc(Cl)c2)C1. The normalized spacial score (nSPS) is 25.4. The van der Waals surface area contributed by atoms with Crippen molar-refractivity contribution in [1.82, 2.24) is 0 Å². The predicted molar refractivity (Wildman–Crippen MR) is 74.6 cm³/mol. The Bertz CT molecular complexity index is 378. The van der Waals surface area contributed by atoms with Gasteiger partial charge in [-0.25, -0.2) is 0 Å². The van der Waals surface area contributed by atoms with Crippen molar-refractivity contribution in [1.29, 1.82) is 0 Å². The lowest BCUT2D eigenvalue weighted by Gasteiger charge is -2.39. The second-order valence-corrected chi connectivity index (χ2v) is 5.82. The van der Waals surface area contributed by atoms with Gasteiger partial charge in [-0.15, -0.1) is 0 Å². The molecule has 3 heteroatoms. The van der Waals surface area contributed by atoms with Gasteiger partial charge in [0, 0.05) is 29.8 Å². The van der Waals surface area contributed by atoms with E-state index in [9.17, 15) is 0 Å². The lowest BCUT2D eigenvalue weighted by atomic mass is 9.85. The number of nitrogens with two attached hydrogens (primary N) is 1. The van der Waals surface area contributed by atoms with Gasteiger partial charge in [-0.2, -0.15) is 0 Å². The third-order valence-electron chi connectivity index (χ3n) is 3.63. The molecule has 2 unspecified atom stereocenters. The van der Waals surface area contributed by atoms with Crippen LogP contribution in [0, 0.1) is 11.8 Å². The number of anilines is 1. The summed E-state index contributed by atoms with van der Waals surface area (Å²) in [6.07, 6.45) is 1.13. The highest BCUT2D eigenvalue weighted by Gasteiger charge is 2.27. The van der Waals surface area contributed by atoms with Gasteiger partial charge in [0.05, 0.1) is 0 Å². The first-order valence-electron chi connectivity index (χ1n) is 6.32. The Hall–Kier alpha value is -0.730. The third-order valence-corrected chi connectivity index (χ3v) is 3.87. The lowest BCUT2D eigenvalue weighted by molar-refractivity contribution is 0.298. The van der Waals surface area contributed by atoms with Gasteiger partial charge in [0.2, 0.25) is 0 Å². The minimum absolute atomic E-state index is 0.273. The van der Waals surface area contributed by atoms with E-state index in [2.05, 4.69) is 24.8 Å². The van der Waals surface area contributed by atoms with Crippen molar-refractivity contribution in [3.05, 3.63) is 29.3 Å². The van der Waals surface area contributed by atoms with Crippen LogP contribution in [0.2, 0.25) is 5.02 Å². The topological polar surface area (TPSA) is 29.3 Å². The van der Waals surface area contributed by atoms with Crippen LogP contribution in [0.1, 0.15) is 20.3 Å². The number of hydrogen-bond acceptors (Lipinski definition) is 2. The van der Waals surface area contributed by atoms with E-state index in [-0.39, 0.29) is 6.04 Å². The second-order valence-electron chi connectivity index (χ2n) is 5.38. The molecule has 1 aromatic carbocycles. The van der Waals surface area contributed by atoms with Gasteiger partial charge < -0.3 is 10.6 Å². The van der Waals surface area contributed by atoms with Crippen molar-refractivity contribution in [2.45, 2.75) is 26.3 Å². The number of nitrogens with zero attached hydrogens (tertiary/aromatic N) is 1. The predicted octanol–water partition coefficient (Wildman–Crippen LogP) is 3.15. The van der Waals surface area contributed by atoms with Crippen molar-refractivity contribution >= 4 is 17.3 Å². The fraction of sp³-hybridized carbons (Fsp3) is 0.571. The molecule has 2 rings (SSSR count). The Labute approximate surface area is 109 Å². The van der Waals surface area contributed by atoms with Gasteiger partial charge in [0.25, 0.3) is 0 Å². The Balaban J connectivity index is 2.15. The smallest absolute Gasteiger partial charge is 0.0426 e. The van der Waals surface area contributed by atoms with Crippen molar-refractivity contribution < 1.29 is 0 Å². The zero-order valence-electron chi connectivity index (χ0n) is 10.6. The largest absolute Gasteiger partial charge is 0.370 e. The molecule has 1 heterocycles. The standard InChI is InChI=1S/C14H21ClN2/c1-10(2)11-6-13(16)9-17(8-11)14-5-3-4-12(15)7-14/h3-5,7,10-11,13H,6,8-9,16H2,1-2H3. The number of halogens is 1. The molecule has 0 bridgehead atoms. The molecule has 0 spiro atoms. The van der Waals surface area contributed by atoms with E-state index in [1.807, 2.05) is 18.2 Å². The molecule has 1 aliphatic rings. The summed E-state index contributed by atoms with van der Waals surface area (Å²) in [5.41, 5.74) is 7.35. The first-order valence-corrected chi connectivity index (χ1v) is 6.70. The zero-order chi connectivity index (χ0) is 12.4. The van der Waals surface area contributed by atoms with E-state index >= 15 is 0 Å². The van der Waals surface area contributed by atoms with E-state index in [4.69, 9.17) is 17.3 Å². The molecule has 2 atom stereocenters. The van der Waals surface area contributed by atoms with Crippen molar-refractivity contribution in [3.8, 4) is 0 Å². The molecule has 0 amide bonds. The first kappa shape index (κ1) is 12.7. The molecular weight excluding hydrogens is 232 g/mol. The van der Waals surface area contributed by atoms with Gasteiger partial charge >= 0.3 is 0 Å². The summed E-state index contributed by atoms with van der Waals surface area (Å²) >= 11 is 6.04. The minimum Gasteiger partial charge on any atom is -0.370 e. The highest BCUT2D eigenvalue weighted by atomic mass is 35.5. The molecule has 1 aromatic rings. The monoisotopic (exact) mass is 252 g/mol. The van der Waals surface area contributed by atoms with Crippen molar-refractivity contribution in [2.24, 2.45) is 17.6 Å². The molecule has 0 aromatic heterocycles. The number of rotatable bonds is 2. The molecule has 1 aliphatic heterocycles. The van der Waals surface area contributed by atoms with Gasteiger partial charge in [0.1, 0.15) is 0 Å². The summed E-state index contributed by atoms with van der Waals surface area (Å²) in [7, 11) is 0. The highest BCUT2D eigenvalue weighted by molar-refractivity contribution is 6.30. The van der Waals surface area contributed by atoms with Gasteiger partial charge in [-0.3, -0.25) is 0 Å². The zero-order valence-corrected chi connectivity index (χ0v) is 11.3. The quantitative estimate of drug-likeness (QED) is 0.876. The van der Waals surface area contributed by atoms with E-state index < -0.39 is 0 Å². The molecule has 2 N–H and O–H groups in total. The maximum absolute atomic E-state index is 6.15. The number of piperidine rings is 1. The van der Waals surface area contributed by atoms with Crippen LogP contribution in [0.5, 0.6) is 0 Å². The lowest BCUT2D eigenvalue weighted by Crippen LogP contribution is -2.48. The van der Waals surface area contributed by atoms with E-state index in [1.165, 1.54) is 5.69 Å². The molecule has 17 heavy (non-hydrogen) atoms. The van der Waals surface area contributed by atoms with Crippen LogP contribution in [-0.2, 0) is 0 Å². The number of benzene rings is 1. The molecule has 94 valence electrons. The number of hydrogen-bond donors (Lipinski definition) is 1. The van der Waals surface area contributed by atoms with Gasteiger partial charge in [0.15, 0.2) is 0 Å². The molecule has 0 radical (unpaired) electrons. The van der Waals surface area contributed by atoms with E-state index in [0.29, 0.717) is 11.8 Å². The summed E-state index contributed by atoms with van der Waals surface area (Å²) in [5, 5.41) is 0.794. The van der Waals surface area contributed by atoms with Crippen LogP contribution in [0.3, 0.4) is 0 Å². The highest BCUT2D eigenvalue weighted by Crippen LogP contribution is 2.28. The summed E-state index contributed by atoms with van der Waals surface area (Å²) in [6, 6.07) is 8.32.